The van der Waals surface area contributed by atoms with E-state index in [4.69, 9.17) is 9.84 Å². The lowest BCUT2D eigenvalue weighted by atomic mass is 9.87. The number of carbonyl (C=O) groups is 2. The fraction of sp³-hybridized carbons (Fsp3) is 0.833. The van der Waals surface area contributed by atoms with Crippen molar-refractivity contribution in [2.75, 3.05) is 6.61 Å². The Bertz CT molecular complexity index is 233. The number of carbonyl (C=O) groups excluding carboxylic acids is 1. The number of carboxylic acids is 1. The molecule has 0 spiro atoms. The molecule has 4 nitrogen and oxygen atoms in total. The molecule has 4 heteroatoms. The van der Waals surface area contributed by atoms with Gasteiger partial charge < -0.3 is 9.84 Å². The van der Waals surface area contributed by atoms with Gasteiger partial charge in [0.15, 0.2) is 0 Å². The fourth-order valence-electron chi connectivity index (χ4n) is 1.45. The van der Waals surface area contributed by atoms with Gasteiger partial charge in [-0.25, -0.2) is 0 Å². The van der Waals surface area contributed by atoms with Crippen LogP contribution in [0.5, 0.6) is 0 Å². The Labute approximate surface area is 97.0 Å². The largest absolute Gasteiger partial charge is 0.481 e. The number of carboxylic acid groups (broad SMARTS) is 1. The lowest BCUT2D eigenvalue weighted by Gasteiger charge is -2.21. The standard InChI is InChI=1S/C12H22O4/c1-4-16-11(15)12(2,3)9-7-5-6-8-10(13)14/h4-9H2,1-3H3,(H,13,14). The number of unbranched alkanes of at least 4 members (excludes halogenated alkanes) is 2. The van der Waals surface area contributed by atoms with E-state index in [-0.39, 0.29) is 12.4 Å². The molecule has 0 atom stereocenters. The molecule has 0 rings (SSSR count). The number of rotatable bonds is 8. The summed E-state index contributed by atoms with van der Waals surface area (Å²) in [4.78, 5) is 21.8. The molecule has 0 fully saturated rings. The zero-order valence-electron chi connectivity index (χ0n) is 10.4. The Balaban J connectivity index is 3.73. The number of esters is 1. The van der Waals surface area contributed by atoms with Crippen LogP contribution in [0.1, 0.15) is 52.9 Å². The smallest absolute Gasteiger partial charge is 0.311 e. The highest BCUT2D eigenvalue weighted by molar-refractivity contribution is 5.75. The number of ether oxygens (including phenoxy) is 1. The Kier molecular flexibility index (Phi) is 6.77. The lowest BCUT2D eigenvalue weighted by molar-refractivity contribution is -0.153. The Hall–Kier alpha value is -1.06. The van der Waals surface area contributed by atoms with E-state index >= 15 is 0 Å². The molecule has 0 aromatic heterocycles. The monoisotopic (exact) mass is 230 g/mol. The second-order valence-electron chi connectivity index (χ2n) is 4.56. The number of hydrogen-bond donors (Lipinski definition) is 1. The first-order valence-electron chi connectivity index (χ1n) is 5.79. The van der Waals surface area contributed by atoms with Crippen molar-refractivity contribution >= 4 is 11.9 Å². The molecule has 0 aromatic carbocycles. The molecule has 0 aromatic rings. The van der Waals surface area contributed by atoms with Crippen LogP contribution >= 0.6 is 0 Å². The van der Waals surface area contributed by atoms with Gasteiger partial charge in [0.2, 0.25) is 0 Å². The molecule has 0 aliphatic heterocycles. The predicted octanol–water partition coefficient (Wildman–Crippen LogP) is 2.61. The number of aliphatic carboxylic acids is 1. The van der Waals surface area contributed by atoms with Gasteiger partial charge in [-0.15, -0.1) is 0 Å². The third-order valence-corrected chi connectivity index (χ3v) is 2.52. The highest BCUT2D eigenvalue weighted by Crippen LogP contribution is 2.25. The first kappa shape index (κ1) is 14.9. The molecule has 0 radical (unpaired) electrons. The van der Waals surface area contributed by atoms with Crippen molar-refractivity contribution in [1.29, 1.82) is 0 Å². The first-order chi connectivity index (χ1) is 7.40. The third-order valence-electron chi connectivity index (χ3n) is 2.52. The molecule has 0 unspecified atom stereocenters. The topological polar surface area (TPSA) is 63.6 Å². The van der Waals surface area contributed by atoms with E-state index in [9.17, 15) is 9.59 Å². The van der Waals surface area contributed by atoms with Gasteiger partial charge in [0.25, 0.3) is 0 Å². The summed E-state index contributed by atoms with van der Waals surface area (Å²) >= 11 is 0. The quantitative estimate of drug-likeness (QED) is 0.514. The van der Waals surface area contributed by atoms with Crippen molar-refractivity contribution in [3.05, 3.63) is 0 Å². The van der Waals surface area contributed by atoms with Gasteiger partial charge in [-0.3, -0.25) is 9.59 Å². The number of hydrogen-bond acceptors (Lipinski definition) is 3. The minimum atomic E-state index is -0.760. The zero-order chi connectivity index (χ0) is 12.6. The fourth-order valence-corrected chi connectivity index (χ4v) is 1.45. The molecule has 94 valence electrons. The molecule has 0 saturated carbocycles. The lowest BCUT2D eigenvalue weighted by Crippen LogP contribution is -2.26. The van der Waals surface area contributed by atoms with Gasteiger partial charge in [-0.2, -0.15) is 0 Å². The van der Waals surface area contributed by atoms with Crippen molar-refractivity contribution in [3.8, 4) is 0 Å². The van der Waals surface area contributed by atoms with Gasteiger partial charge in [0.1, 0.15) is 0 Å². The summed E-state index contributed by atoms with van der Waals surface area (Å²) in [7, 11) is 0. The Morgan fingerprint density at radius 3 is 2.31 bits per heavy atom. The van der Waals surface area contributed by atoms with Crippen molar-refractivity contribution in [2.45, 2.75) is 52.9 Å². The van der Waals surface area contributed by atoms with Gasteiger partial charge >= 0.3 is 11.9 Å². The highest BCUT2D eigenvalue weighted by atomic mass is 16.5. The predicted molar refractivity (Wildman–Crippen MR) is 61.1 cm³/mol. The maximum atomic E-state index is 11.5. The minimum Gasteiger partial charge on any atom is -0.481 e. The van der Waals surface area contributed by atoms with E-state index < -0.39 is 11.4 Å². The molecule has 0 heterocycles. The van der Waals surface area contributed by atoms with E-state index in [0.717, 1.165) is 19.3 Å². The Morgan fingerprint density at radius 2 is 1.81 bits per heavy atom. The minimum absolute atomic E-state index is 0.173. The molecule has 0 bridgehead atoms. The molecular formula is C12H22O4. The summed E-state index contributed by atoms with van der Waals surface area (Å²) in [5, 5.41) is 8.46. The van der Waals surface area contributed by atoms with Gasteiger partial charge in [-0.1, -0.05) is 12.8 Å². The van der Waals surface area contributed by atoms with E-state index in [1.165, 1.54) is 0 Å². The highest BCUT2D eigenvalue weighted by Gasteiger charge is 2.28. The summed E-state index contributed by atoms with van der Waals surface area (Å²) in [5.74, 6) is -0.933. The normalized spacial score (nSPS) is 11.2. The van der Waals surface area contributed by atoms with Crippen LogP contribution in [0.2, 0.25) is 0 Å². The van der Waals surface area contributed by atoms with Crippen LogP contribution in [0.3, 0.4) is 0 Å². The van der Waals surface area contributed by atoms with Crippen LogP contribution in [0.15, 0.2) is 0 Å². The van der Waals surface area contributed by atoms with Gasteiger partial charge in [-0.05, 0) is 33.6 Å². The summed E-state index contributed by atoms with van der Waals surface area (Å²) in [5.41, 5.74) is -0.459. The summed E-state index contributed by atoms with van der Waals surface area (Å²) in [6.07, 6.45) is 3.33. The van der Waals surface area contributed by atoms with Gasteiger partial charge in [0.05, 0.1) is 12.0 Å². The van der Waals surface area contributed by atoms with E-state index in [1.54, 1.807) is 6.92 Å². The molecule has 1 N–H and O–H groups in total. The average Bonchev–Trinajstić information content (AvgIpc) is 2.17. The summed E-state index contributed by atoms with van der Waals surface area (Å²) < 4.78 is 4.97. The maximum absolute atomic E-state index is 11.5. The summed E-state index contributed by atoms with van der Waals surface area (Å²) in [6.45, 7) is 5.92. The Morgan fingerprint density at radius 1 is 1.19 bits per heavy atom. The van der Waals surface area contributed by atoms with E-state index in [2.05, 4.69) is 0 Å². The molecule has 0 amide bonds. The molecule has 0 aliphatic rings. The zero-order valence-corrected chi connectivity index (χ0v) is 10.4. The van der Waals surface area contributed by atoms with Gasteiger partial charge in [0, 0.05) is 6.42 Å². The molecule has 0 aliphatic carbocycles. The first-order valence-corrected chi connectivity index (χ1v) is 5.79. The van der Waals surface area contributed by atoms with Crippen LogP contribution in [0, 0.1) is 5.41 Å². The van der Waals surface area contributed by atoms with E-state index in [0.29, 0.717) is 13.0 Å². The van der Waals surface area contributed by atoms with Crippen LogP contribution in [0.25, 0.3) is 0 Å². The van der Waals surface area contributed by atoms with Crippen LogP contribution in [-0.2, 0) is 14.3 Å². The third kappa shape index (κ3) is 6.43. The van der Waals surface area contributed by atoms with Crippen LogP contribution in [0.4, 0.5) is 0 Å². The second kappa shape index (κ2) is 7.25. The molecular weight excluding hydrogens is 208 g/mol. The average molecular weight is 230 g/mol. The van der Waals surface area contributed by atoms with Crippen molar-refractivity contribution in [3.63, 3.8) is 0 Å². The van der Waals surface area contributed by atoms with Crippen LogP contribution in [-0.4, -0.2) is 23.7 Å². The van der Waals surface area contributed by atoms with E-state index in [1.807, 2.05) is 13.8 Å². The van der Waals surface area contributed by atoms with Crippen molar-refractivity contribution in [2.24, 2.45) is 5.41 Å². The van der Waals surface area contributed by atoms with Crippen LogP contribution < -0.4 is 0 Å². The van der Waals surface area contributed by atoms with Crippen molar-refractivity contribution < 1.29 is 19.4 Å². The second-order valence-corrected chi connectivity index (χ2v) is 4.56. The molecule has 0 saturated heterocycles. The maximum Gasteiger partial charge on any atom is 0.311 e. The van der Waals surface area contributed by atoms with Crippen molar-refractivity contribution in [1.82, 2.24) is 0 Å². The summed E-state index contributed by atoms with van der Waals surface area (Å²) in [6, 6.07) is 0. The SMILES string of the molecule is CCOC(=O)C(C)(C)CCCCCC(=O)O. The molecule has 16 heavy (non-hydrogen) atoms.